The van der Waals surface area contributed by atoms with E-state index in [0.717, 1.165) is 12.1 Å². The van der Waals surface area contributed by atoms with E-state index in [1.54, 1.807) is 18.2 Å². The minimum atomic E-state index is -1.67. The molecule has 2 rings (SSSR count). The zero-order valence-corrected chi connectivity index (χ0v) is 12.5. The van der Waals surface area contributed by atoms with Crippen LogP contribution >= 0.6 is 11.6 Å². The molecule has 2 N–H and O–H groups in total. The largest absolute Gasteiger partial charge is 0.383 e. The van der Waals surface area contributed by atoms with Crippen LogP contribution in [0.4, 0.5) is 8.78 Å². The van der Waals surface area contributed by atoms with Crippen LogP contribution in [-0.4, -0.2) is 17.6 Å². The van der Waals surface area contributed by atoms with E-state index in [1.807, 2.05) is 0 Å². The predicted molar refractivity (Wildman–Crippen MR) is 79.7 cm³/mol. The van der Waals surface area contributed by atoms with Crippen LogP contribution in [0.25, 0.3) is 0 Å². The second kappa shape index (κ2) is 6.42. The summed E-state index contributed by atoms with van der Waals surface area (Å²) < 4.78 is 26.6. The Morgan fingerprint density at radius 2 is 2.00 bits per heavy atom. The Labute approximate surface area is 131 Å². The van der Waals surface area contributed by atoms with Crippen molar-refractivity contribution in [3.8, 4) is 0 Å². The van der Waals surface area contributed by atoms with E-state index in [9.17, 15) is 18.7 Å². The van der Waals surface area contributed by atoms with Gasteiger partial charge in [0.1, 0.15) is 17.2 Å². The fourth-order valence-electron chi connectivity index (χ4n) is 2.01. The molecule has 1 unspecified atom stereocenters. The molecule has 22 heavy (non-hydrogen) atoms. The number of aliphatic hydroxyl groups is 1. The minimum Gasteiger partial charge on any atom is -0.383 e. The van der Waals surface area contributed by atoms with Gasteiger partial charge in [-0.3, -0.25) is 4.79 Å². The zero-order valence-electron chi connectivity index (χ0n) is 11.7. The monoisotopic (exact) mass is 325 g/mol. The third-order valence-electron chi connectivity index (χ3n) is 3.19. The van der Waals surface area contributed by atoms with Gasteiger partial charge in [0.2, 0.25) is 0 Å². The standard InChI is InChI=1S/C16H14ClF2NO2/c1-16(22,13-6-5-12(18)8-14(13)19)9-20-15(21)10-3-2-4-11(17)7-10/h2-8,22H,9H2,1H3,(H,20,21). The van der Waals surface area contributed by atoms with E-state index in [1.165, 1.54) is 13.0 Å². The lowest BCUT2D eigenvalue weighted by molar-refractivity contribution is 0.0494. The second-order valence-electron chi connectivity index (χ2n) is 5.09. The van der Waals surface area contributed by atoms with Crippen LogP contribution in [0.5, 0.6) is 0 Å². The Morgan fingerprint density at radius 1 is 1.27 bits per heavy atom. The molecular formula is C16H14ClF2NO2. The molecule has 116 valence electrons. The van der Waals surface area contributed by atoms with Crippen molar-refractivity contribution >= 4 is 17.5 Å². The van der Waals surface area contributed by atoms with Crippen LogP contribution in [0.3, 0.4) is 0 Å². The molecule has 0 fully saturated rings. The molecule has 2 aromatic rings. The van der Waals surface area contributed by atoms with E-state index in [4.69, 9.17) is 11.6 Å². The van der Waals surface area contributed by atoms with E-state index in [2.05, 4.69) is 5.32 Å². The van der Waals surface area contributed by atoms with Gasteiger partial charge in [-0.05, 0) is 31.2 Å². The summed E-state index contributed by atoms with van der Waals surface area (Å²) in [5.74, 6) is -2.06. The van der Waals surface area contributed by atoms with Crippen LogP contribution in [-0.2, 0) is 5.60 Å². The highest BCUT2D eigenvalue weighted by Gasteiger charge is 2.27. The van der Waals surface area contributed by atoms with Crippen LogP contribution in [0.2, 0.25) is 5.02 Å². The third-order valence-corrected chi connectivity index (χ3v) is 3.43. The van der Waals surface area contributed by atoms with Gasteiger partial charge in [-0.25, -0.2) is 8.78 Å². The molecule has 0 aliphatic heterocycles. The topological polar surface area (TPSA) is 49.3 Å². The van der Waals surface area contributed by atoms with Gasteiger partial charge in [-0.2, -0.15) is 0 Å². The molecule has 0 aliphatic rings. The predicted octanol–water partition coefficient (Wildman–Crippen LogP) is 3.26. The van der Waals surface area contributed by atoms with E-state index in [0.29, 0.717) is 16.7 Å². The lowest BCUT2D eigenvalue weighted by Gasteiger charge is -2.24. The Balaban J connectivity index is 2.10. The summed E-state index contributed by atoms with van der Waals surface area (Å²) in [5.41, 5.74) is -1.45. The number of nitrogens with one attached hydrogen (secondary N) is 1. The van der Waals surface area contributed by atoms with Gasteiger partial charge < -0.3 is 10.4 Å². The maximum atomic E-state index is 13.7. The van der Waals surface area contributed by atoms with Gasteiger partial charge in [0.25, 0.3) is 5.91 Å². The summed E-state index contributed by atoms with van der Waals surface area (Å²) in [6.07, 6.45) is 0. The van der Waals surface area contributed by atoms with Crippen molar-refractivity contribution in [2.24, 2.45) is 0 Å². The molecule has 3 nitrogen and oxygen atoms in total. The van der Waals surface area contributed by atoms with Crippen molar-refractivity contribution in [3.05, 3.63) is 70.2 Å². The first-order valence-corrected chi connectivity index (χ1v) is 6.89. The van der Waals surface area contributed by atoms with Crippen LogP contribution in [0.1, 0.15) is 22.8 Å². The highest BCUT2D eigenvalue weighted by Crippen LogP contribution is 2.23. The molecule has 6 heteroatoms. The Morgan fingerprint density at radius 3 is 2.64 bits per heavy atom. The first kappa shape index (κ1) is 16.4. The quantitative estimate of drug-likeness (QED) is 0.906. The molecule has 0 radical (unpaired) electrons. The van der Waals surface area contributed by atoms with Gasteiger partial charge in [0.05, 0.1) is 6.54 Å². The lowest BCUT2D eigenvalue weighted by atomic mass is 9.95. The molecule has 0 heterocycles. The average molecular weight is 326 g/mol. The van der Waals surface area contributed by atoms with Crippen molar-refractivity contribution < 1.29 is 18.7 Å². The van der Waals surface area contributed by atoms with E-state index in [-0.39, 0.29) is 12.1 Å². The third kappa shape index (κ3) is 3.81. The summed E-state index contributed by atoms with van der Waals surface area (Å²) in [6, 6.07) is 9.17. The Kier molecular flexibility index (Phi) is 4.78. The molecule has 0 bridgehead atoms. The van der Waals surface area contributed by atoms with Gasteiger partial charge in [0, 0.05) is 22.2 Å². The smallest absolute Gasteiger partial charge is 0.251 e. The van der Waals surface area contributed by atoms with Crippen molar-refractivity contribution in [1.82, 2.24) is 5.32 Å². The molecule has 1 atom stereocenters. The SMILES string of the molecule is CC(O)(CNC(=O)c1cccc(Cl)c1)c1ccc(F)cc1F. The molecular weight excluding hydrogens is 312 g/mol. The first-order chi connectivity index (χ1) is 10.3. The average Bonchev–Trinajstić information content (AvgIpc) is 2.44. The number of rotatable bonds is 4. The molecule has 0 saturated carbocycles. The van der Waals surface area contributed by atoms with Crippen LogP contribution in [0, 0.1) is 11.6 Å². The Bertz CT molecular complexity index is 704. The fourth-order valence-corrected chi connectivity index (χ4v) is 2.20. The van der Waals surface area contributed by atoms with Crippen LogP contribution in [0.15, 0.2) is 42.5 Å². The summed E-state index contributed by atoms with van der Waals surface area (Å²) in [4.78, 5) is 12.0. The Hall–Kier alpha value is -1.98. The maximum Gasteiger partial charge on any atom is 0.251 e. The number of hydrogen-bond donors (Lipinski definition) is 2. The van der Waals surface area contributed by atoms with Crippen molar-refractivity contribution in [2.75, 3.05) is 6.54 Å². The summed E-state index contributed by atoms with van der Waals surface area (Å²) in [5, 5.41) is 13.2. The molecule has 0 aromatic heterocycles. The highest BCUT2D eigenvalue weighted by atomic mass is 35.5. The normalized spacial score (nSPS) is 13.5. The van der Waals surface area contributed by atoms with Gasteiger partial charge >= 0.3 is 0 Å². The zero-order chi connectivity index (χ0) is 16.3. The van der Waals surface area contributed by atoms with Crippen molar-refractivity contribution in [1.29, 1.82) is 0 Å². The molecule has 2 aromatic carbocycles. The highest BCUT2D eigenvalue weighted by molar-refractivity contribution is 6.30. The number of carbonyl (C=O) groups is 1. The number of carbonyl (C=O) groups excluding carboxylic acids is 1. The van der Waals surface area contributed by atoms with E-state index < -0.39 is 23.1 Å². The molecule has 0 aliphatic carbocycles. The number of amides is 1. The van der Waals surface area contributed by atoms with Gasteiger partial charge in [0.15, 0.2) is 0 Å². The number of halogens is 3. The summed E-state index contributed by atoms with van der Waals surface area (Å²) in [6.45, 7) is 1.10. The van der Waals surface area contributed by atoms with E-state index >= 15 is 0 Å². The minimum absolute atomic E-state index is 0.0969. The maximum absolute atomic E-state index is 13.7. The number of benzene rings is 2. The van der Waals surface area contributed by atoms with Gasteiger partial charge in [-0.15, -0.1) is 0 Å². The molecule has 0 spiro atoms. The van der Waals surface area contributed by atoms with Crippen LogP contribution < -0.4 is 5.32 Å². The van der Waals surface area contributed by atoms with Crippen molar-refractivity contribution in [2.45, 2.75) is 12.5 Å². The fraction of sp³-hybridized carbons (Fsp3) is 0.188. The summed E-state index contributed by atoms with van der Waals surface area (Å²) >= 11 is 5.80. The first-order valence-electron chi connectivity index (χ1n) is 6.51. The summed E-state index contributed by atoms with van der Waals surface area (Å²) in [7, 11) is 0. The molecule has 0 saturated heterocycles. The number of hydrogen-bond acceptors (Lipinski definition) is 2. The lowest BCUT2D eigenvalue weighted by Crippen LogP contribution is -2.39. The second-order valence-corrected chi connectivity index (χ2v) is 5.53. The molecule has 1 amide bonds. The van der Waals surface area contributed by atoms with Crippen molar-refractivity contribution in [3.63, 3.8) is 0 Å². The van der Waals surface area contributed by atoms with Gasteiger partial charge in [-0.1, -0.05) is 23.7 Å².